The summed E-state index contributed by atoms with van der Waals surface area (Å²) in [4.78, 5) is 11.4. The molecule has 5 nitrogen and oxygen atoms in total. The maximum absolute atomic E-state index is 11.6. The molecule has 0 aromatic carbocycles. The number of ether oxygens (including phenoxy) is 1. The topological polar surface area (TPSA) is 84.2 Å². The number of hydrogen-bond donors (Lipinski definition) is 0. The molecule has 0 rings (SSSR count). The molecule has 0 fully saturated rings. The third-order valence-electron chi connectivity index (χ3n) is 1.94. The third-order valence-corrected chi connectivity index (χ3v) is 4.07. The summed E-state index contributed by atoms with van der Waals surface area (Å²) in [5.41, 5.74) is 0. The molecule has 0 aromatic heterocycles. The van der Waals surface area contributed by atoms with Gasteiger partial charge in [-0.1, -0.05) is 0 Å². The number of carbonyl (C=O) groups is 1. The van der Waals surface area contributed by atoms with Gasteiger partial charge in [-0.3, -0.25) is 4.79 Å². The van der Waals surface area contributed by atoms with Crippen LogP contribution in [0.5, 0.6) is 0 Å². The van der Waals surface area contributed by atoms with Crippen LogP contribution in [0.2, 0.25) is 0 Å². The van der Waals surface area contributed by atoms with Gasteiger partial charge in [0.15, 0.2) is 15.1 Å². The Labute approximate surface area is 96.3 Å². The van der Waals surface area contributed by atoms with Gasteiger partial charge < -0.3 is 4.74 Å². The van der Waals surface area contributed by atoms with E-state index in [1.807, 2.05) is 6.07 Å². The molecule has 0 amide bonds. The first-order valence-corrected chi connectivity index (χ1v) is 6.81. The van der Waals surface area contributed by atoms with Gasteiger partial charge in [0.25, 0.3) is 0 Å². The van der Waals surface area contributed by atoms with Crippen LogP contribution < -0.4 is 0 Å². The number of sulfone groups is 1. The summed E-state index contributed by atoms with van der Waals surface area (Å²) in [6, 6.07) is 1.86. The SMILES string of the molecule is CC(C)OC(=O)C(C)S(=O)(=O)CCCC#N. The number of rotatable bonds is 6. The predicted octanol–water partition coefficient (Wildman–Crippen LogP) is 1.05. The fourth-order valence-corrected chi connectivity index (χ4v) is 2.25. The Morgan fingerprint density at radius 3 is 2.38 bits per heavy atom. The molecule has 0 aliphatic carbocycles. The summed E-state index contributed by atoms with van der Waals surface area (Å²) in [5, 5.41) is 7.13. The molecule has 0 bridgehead atoms. The molecule has 92 valence electrons. The van der Waals surface area contributed by atoms with E-state index in [0.29, 0.717) is 0 Å². The van der Waals surface area contributed by atoms with Crippen molar-refractivity contribution in [3.05, 3.63) is 0 Å². The van der Waals surface area contributed by atoms with Crippen LogP contribution in [-0.2, 0) is 19.4 Å². The molecule has 0 aromatic rings. The van der Waals surface area contributed by atoms with Crippen LogP contribution in [-0.4, -0.2) is 31.5 Å². The van der Waals surface area contributed by atoms with Crippen molar-refractivity contribution in [1.82, 2.24) is 0 Å². The minimum absolute atomic E-state index is 0.158. The minimum atomic E-state index is -3.50. The second-order valence-electron chi connectivity index (χ2n) is 3.76. The fourth-order valence-electron chi connectivity index (χ4n) is 1.00. The molecular weight excluding hydrogens is 230 g/mol. The first-order chi connectivity index (χ1) is 7.31. The Morgan fingerprint density at radius 2 is 1.94 bits per heavy atom. The van der Waals surface area contributed by atoms with E-state index in [9.17, 15) is 13.2 Å². The first kappa shape index (κ1) is 14.9. The van der Waals surface area contributed by atoms with Crippen LogP contribution in [0.4, 0.5) is 0 Å². The van der Waals surface area contributed by atoms with E-state index >= 15 is 0 Å². The monoisotopic (exact) mass is 247 g/mol. The highest BCUT2D eigenvalue weighted by Crippen LogP contribution is 2.08. The fraction of sp³-hybridized carbons (Fsp3) is 0.800. The molecule has 0 saturated heterocycles. The molecule has 0 heterocycles. The molecular formula is C10H17NO4S. The maximum atomic E-state index is 11.6. The molecule has 1 unspecified atom stereocenters. The van der Waals surface area contributed by atoms with Crippen LogP contribution >= 0.6 is 0 Å². The lowest BCUT2D eigenvalue weighted by Gasteiger charge is -2.14. The third kappa shape index (κ3) is 5.12. The predicted molar refractivity (Wildman–Crippen MR) is 59.3 cm³/mol. The number of carbonyl (C=O) groups excluding carboxylic acids is 1. The minimum Gasteiger partial charge on any atom is -0.462 e. The van der Waals surface area contributed by atoms with E-state index in [0.717, 1.165) is 0 Å². The molecule has 1 atom stereocenters. The van der Waals surface area contributed by atoms with Crippen molar-refractivity contribution in [3.8, 4) is 6.07 Å². The van der Waals surface area contributed by atoms with Crippen molar-refractivity contribution in [2.75, 3.05) is 5.75 Å². The van der Waals surface area contributed by atoms with Gasteiger partial charge in [0.1, 0.15) is 0 Å². The number of nitriles is 1. The second kappa shape index (κ2) is 6.48. The Hall–Kier alpha value is -1.09. The van der Waals surface area contributed by atoms with Crippen LogP contribution in [0.15, 0.2) is 0 Å². The van der Waals surface area contributed by atoms with Gasteiger partial charge in [-0.25, -0.2) is 8.42 Å². The van der Waals surface area contributed by atoms with Crippen molar-refractivity contribution < 1.29 is 17.9 Å². The Balaban J connectivity index is 4.41. The average molecular weight is 247 g/mol. The van der Waals surface area contributed by atoms with Gasteiger partial charge in [-0.2, -0.15) is 5.26 Å². The number of nitrogens with zero attached hydrogens (tertiary/aromatic N) is 1. The number of unbranched alkanes of at least 4 members (excludes halogenated alkanes) is 1. The molecule has 0 N–H and O–H groups in total. The lowest BCUT2D eigenvalue weighted by atomic mass is 10.4. The highest BCUT2D eigenvalue weighted by atomic mass is 32.2. The van der Waals surface area contributed by atoms with Crippen molar-refractivity contribution in [2.45, 2.75) is 45.0 Å². The summed E-state index contributed by atoms with van der Waals surface area (Å²) < 4.78 is 28.1. The largest absolute Gasteiger partial charge is 0.462 e. The normalized spacial score (nSPS) is 13.2. The maximum Gasteiger partial charge on any atom is 0.324 e. The molecule has 0 aliphatic rings. The summed E-state index contributed by atoms with van der Waals surface area (Å²) in [5.74, 6) is -0.887. The lowest BCUT2D eigenvalue weighted by molar-refractivity contribution is -0.146. The second-order valence-corrected chi connectivity index (χ2v) is 6.20. The van der Waals surface area contributed by atoms with Gasteiger partial charge in [0.05, 0.1) is 17.9 Å². The molecule has 0 saturated carbocycles. The average Bonchev–Trinajstić information content (AvgIpc) is 2.15. The van der Waals surface area contributed by atoms with E-state index in [-0.39, 0.29) is 24.7 Å². The van der Waals surface area contributed by atoms with E-state index in [4.69, 9.17) is 10.00 Å². The van der Waals surface area contributed by atoms with Crippen LogP contribution in [0.3, 0.4) is 0 Å². The zero-order valence-corrected chi connectivity index (χ0v) is 10.6. The lowest BCUT2D eigenvalue weighted by Crippen LogP contribution is -2.32. The standard InChI is InChI=1S/C10H17NO4S/c1-8(2)15-10(12)9(3)16(13,14)7-5-4-6-11/h8-9H,4-5,7H2,1-3H3. The summed E-state index contributed by atoms with van der Waals surface area (Å²) in [6.45, 7) is 4.63. The first-order valence-electron chi connectivity index (χ1n) is 5.10. The zero-order chi connectivity index (χ0) is 12.8. The van der Waals surface area contributed by atoms with Crippen molar-refractivity contribution in [1.29, 1.82) is 5.26 Å². The van der Waals surface area contributed by atoms with E-state index in [1.165, 1.54) is 6.92 Å². The highest BCUT2D eigenvalue weighted by Gasteiger charge is 2.29. The van der Waals surface area contributed by atoms with Gasteiger partial charge in [0.2, 0.25) is 0 Å². The molecule has 0 spiro atoms. The van der Waals surface area contributed by atoms with Crippen LogP contribution in [0.1, 0.15) is 33.6 Å². The Kier molecular flexibility index (Phi) is 6.04. The van der Waals surface area contributed by atoms with Crippen LogP contribution in [0.25, 0.3) is 0 Å². The van der Waals surface area contributed by atoms with Crippen molar-refractivity contribution in [3.63, 3.8) is 0 Å². The smallest absolute Gasteiger partial charge is 0.324 e. The Morgan fingerprint density at radius 1 is 1.38 bits per heavy atom. The van der Waals surface area contributed by atoms with Gasteiger partial charge in [0, 0.05) is 6.42 Å². The Bertz CT molecular complexity index is 367. The number of esters is 1. The molecule has 0 radical (unpaired) electrons. The van der Waals surface area contributed by atoms with Gasteiger partial charge in [-0.15, -0.1) is 0 Å². The van der Waals surface area contributed by atoms with E-state index in [2.05, 4.69) is 0 Å². The molecule has 6 heteroatoms. The zero-order valence-electron chi connectivity index (χ0n) is 9.76. The van der Waals surface area contributed by atoms with Crippen LogP contribution in [0, 0.1) is 11.3 Å². The molecule has 0 aliphatic heterocycles. The highest BCUT2D eigenvalue weighted by molar-refractivity contribution is 7.92. The van der Waals surface area contributed by atoms with E-state index < -0.39 is 21.1 Å². The summed E-state index contributed by atoms with van der Waals surface area (Å²) in [6.07, 6.45) is 0.0906. The molecule has 16 heavy (non-hydrogen) atoms. The van der Waals surface area contributed by atoms with Gasteiger partial charge >= 0.3 is 5.97 Å². The van der Waals surface area contributed by atoms with Gasteiger partial charge in [-0.05, 0) is 27.2 Å². The summed E-state index contributed by atoms with van der Waals surface area (Å²) in [7, 11) is -3.50. The number of hydrogen-bond acceptors (Lipinski definition) is 5. The van der Waals surface area contributed by atoms with Crippen molar-refractivity contribution in [2.24, 2.45) is 0 Å². The van der Waals surface area contributed by atoms with Crippen molar-refractivity contribution >= 4 is 15.8 Å². The summed E-state index contributed by atoms with van der Waals surface area (Å²) >= 11 is 0. The quantitative estimate of drug-likeness (QED) is 0.517. The van der Waals surface area contributed by atoms with E-state index in [1.54, 1.807) is 13.8 Å².